The first-order chi connectivity index (χ1) is 9.90. The van der Waals surface area contributed by atoms with Gasteiger partial charge in [-0.1, -0.05) is 20.8 Å². The summed E-state index contributed by atoms with van der Waals surface area (Å²) in [5.41, 5.74) is 4.90. The number of amides is 2. The molecule has 1 saturated heterocycles. The summed E-state index contributed by atoms with van der Waals surface area (Å²) in [5.74, 6) is -0.0646. The molecule has 0 radical (unpaired) electrons. The van der Waals surface area contributed by atoms with Crippen molar-refractivity contribution in [3.8, 4) is 0 Å². The molecule has 128 valence electrons. The molecule has 0 aromatic rings. The average molecular weight is 313 g/mol. The van der Waals surface area contributed by atoms with E-state index in [1.165, 1.54) is 0 Å². The molecule has 0 aliphatic carbocycles. The van der Waals surface area contributed by atoms with Gasteiger partial charge >= 0.3 is 6.09 Å². The van der Waals surface area contributed by atoms with Gasteiger partial charge in [-0.2, -0.15) is 0 Å². The summed E-state index contributed by atoms with van der Waals surface area (Å²) in [6.45, 7) is 12.5. The number of carbonyl (C=O) groups excluding carboxylic acids is 2. The number of ether oxygens (including phenoxy) is 1. The topological polar surface area (TPSA) is 84.7 Å². The second-order valence-corrected chi connectivity index (χ2v) is 8.11. The number of piperidine rings is 1. The molecule has 0 aromatic heterocycles. The van der Waals surface area contributed by atoms with E-state index in [9.17, 15) is 9.59 Å². The van der Waals surface area contributed by atoms with Gasteiger partial charge in [0, 0.05) is 19.1 Å². The zero-order valence-corrected chi connectivity index (χ0v) is 14.7. The third-order valence-corrected chi connectivity index (χ3v) is 3.63. The Bertz CT molecular complexity index is 402. The monoisotopic (exact) mass is 313 g/mol. The first-order valence-electron chi connectivity index (χ1n) is 7.94. The third-order valence-electron chi connectivity index (χ3n) is 3.63. The van der Waals surface area contributed by atoms with Gasteiger partial charge in [-0.05, 0) is 39.0 Å². The van der Waals surface area contributed by atoms with E-state index in [1.807, 2.05) is 20.8 Å². The van der Waals surface area contributed by atoms with Crippen LogP contribution in [-0.2, 0) is 9.53 Å². The van der Waals surface area contributed by atoms with Crippen LogP contribution in [0.15, 0.2) is 0 Å². The Hall–Kier alpha value is -1.30. The number of hydrogen-bond acceptors (Lipinski definition) is 4. The second-order valence-electron chi connectivity index (χ2n) is 8.11. The molecule has 1 heterocycles. The van der Waals surface area contributed by atoms with Crippen molar-refractivity contribution >= 4 is 12.0 Å². The van der Waals surface area contributed by atoms with E-state index in [1.54, 1.807) is 25.7 Å². The van der Waals surface area contributed by atoms with Crippen LogP contribution in [0.1, 0.15) is 54.4 Å². The molecule has 22 heavy (non-hydrogen) atoms. The Morgan fingerprint density at radius 1 is 1.14 bits per heavy atom. The van der Waals surface area contributed by atoms with Gasteiger partial charge in [-0.15, -0.1) is 0 Å². The molecule has 1 aliphatic heterocycles. The van der Waals surface area contributed by atoms with Crippen LogP contribution in [0.5, 0.6) is 0 Å². The molecule has 1 fully saturated rings. The Labute approximate surface area is 133 Å². The predicted octanol–water partition coefficient (Wildman–Crippen LogP) is 1.88. The number of hydrogen-bond donors (Lipinski definition) is 2. The number of rotatable bonds is 2. The summed E-state index contributed by atoms with van der Waals surface area (Å²) in [6, 6.07) is -0.451. The highest BCUT2D eigenvalue weighted by Gasteiger charge is 2.37. The summed E-state index contributed by atoms with van der Waals surface area (Å²) in [6.07, 6.45) is 1.04. The Morgan fingerprint density at radius 3 is 2.05 bits per heavy atom. The van der Waals surface area contributed by atoms with Crippen molar-refractivity contribution in [2.24, 2.45) is 11.1 Å². The SMILES string of the molecule is CC(C)(C)OC(=O)N[C@@H](C(=O)N1CCC(N)CC1)C(C)(C)C. The van der Waals surface area contributed by atoms with E-state index >= 15 is 0 Å². The van der Waals surface area contributed by atoms with Crippen LogP contribution in [0.4, 0.5) is 4.79 Å². The van der Waals surface area contributed by atoms with Crippen molar-refractivity contribution < 1.29 is 14.3 Å². The van der Waals surface area contributed by atoms with Crippen LogP contribution >= 0.6 is 0 Å². The van der Waals surface area contributed by atoms with Gasteiger partial charge in [0.1, 0.15) is 11.6 Å². The number of nitrogens with zero attached hydrogens (tertiary/aromatic N) is 1. The van der Waals surface area contributed by atoms with E-state index in [2.05, 4.69) is 5.32 Å². The smallest absolute Gasteiger partial charge is 0.408 e. The summed E-state index contributed by atoms with van der Waals surface area (Å²) < 4.78 is 5.28. The van der Waals surface area contributed by atoms with Crippen molar-refractivity contribution in [2.75, 3.05) is 13.1 Å². The number of alkyl carbamates (subject to hydrolysis) is 1. The first-order valence-corrected chi connectivity index (χ1v) is 7.94. The fourth-order valence-electron chi connectivity index (χ4n) is 2.38. The van der Waals surface area contributed by atoms with Crippen LogP contribution in [0, 0.1) is 5.41 Å². The number of nitrogens with one attached hydrogen (secondary N) is 1. The molecule has 1 aliphatic rings. The quantitative estimate of drug-likeness (QED) is 0.815. The van der Waals surface area contributed by atoms with Gasteiger partial charge in [0.05, 0.1) is 0 Å². The molecule has 0 unspecified atom stereocenters. The first kappa shape index (κ1) is 18.7. The molecular formula is C16H31N3O3. The van der Waals surface area contributed by atoms with E-state index in [0.717, 1.165) is 12.8 Å². The summed E-state index contributed by atoms with van der Waals surface area (Å²) in [5, 5.41) is 2.74. The number of carbonyl (C=O) groups is 2. The largest absolute Gasteiger partial charge is 0.444 e. The lowest BCUT2D eigenvalue weighted by molar-refractivity contribution is -0.137. The minimum absolute atomic E-state index is 0.0646. The molecule has 1 atom stereocenters. The maximum Gasteiger partial charge on any atom is 0.408 e. The highest BCUT2D eigenvalue weighted by Crippen LogP contribution is 2.23. The van der Waals surface area contributed by atoms with Gasteiger partial charge in [-0.25, -0.2) is 4.79 Å². The fraction of sp³-hybridized carbons (Fsp3) is 0.875. The minimum Gasteiger partial charge on any atom is -0.444 e. The zero-order chi connectivity index (χ0) is 17.1. The lowest BCUT2D eigenvalue weighted by atomic mass is 9.85. The molecule has 0 bridgehead atoms. The highest BCUT2D eigenvalue weighted by molar-refractivity contribution is 5.86. The molecule has 2 amide bonds. The van der Waals surface area contributed by atoms with Gasteiger partial charge in [-0.3, -0.25) is 4.79 Å². The molecule has 0 aromatic carbocycles. The Balaban J connectivity index is 2.76. The number of nitrogens with two attached hydrogens (primary N) is 1. The minimum atomic E-state index is -0.614. The molecule has 0 spiro atoms. The molecule has 6 nitrogen and oxygen atoms in total. The van der Waals surface area contributed by atoms with E-state index in [0.29, 0.717) is 13.1 Å². The molecule has 3 N–H and O–H groups in total. The van der Waals surface area contributed by atoms with Crippen molar-refractivity contribution in [1.82, 2.24) is 10.2 Å². The molecule has 6 heteroatoms. The highest BCUT2D eigenvalue weighted by atomic mass is 16.6. The summed E-state index contributed by atoms with van der Waals surface area (Å²) in [4.78, 5) is 26.6. The van der Waals surface area contributed by atoms with Gasteiger partial charge < -0.3 is 20.7 Å². The molecule has 0 saturated carbocycles. The van der Waals surface area contributed by atoms with Crippen molar-refractivity contribution in [3.63, 3.8) is 0 Å². The van der Waals surface area contributed by atoms with Crippen molar-refractivity contribution in [3.05, 3.63) is 0 Å². The van der Waals surface area contributed by atoms with Gasteiger partial charge in [0.2, 0.25) is 5.91 Å². The summed E-state index contributed by atoms with van der Waals surface area (Å²) in [7, 11) is 0. The van der Waals surface area contributed by atoms with Crippen molar-refractivity contribution in [2.45, 2.75) is 72.1 Å². The Kier molecular flexibility index (Phi) is 5.84. The van der Waals surface area contributed by atoms with Crippen LogP contribution in [0.2, 0.25) is 0 Å². The van der Waals surface area contributed by atoms with Crippen LogP contribution < -0.4 is 11.1 Å². The Morgan fingerprint density at radius 2 is 1.64 bits per heavy atom. The van der Waals surface area contributed by atoms with E-state index < -0.39 is 23.2 Å². The standard InChI is InChI=1S/C16H31N3O3/c1-15(2,3)12(18-14(21)22-16(4,5)6)13(20)19-9-7-11(17)8-10-19/h11-12H,7-10,17H2,1-6H3,(H,18,21)/t12-/m0/s1. The van der Waals surface area contributed by atoms with Crippen molar-refractivity contribution in [1.29, 1.82) is 0 Å². The molecular weight excluding hydrogens is 282 g/mol. The lowest BCUT2D eigenvalue weighted by Gasteiger charge is -2.37. The summed E-state index contributed by atoms with van der Waals surface area (Å²) >= 11 is 0. The average Bonchev–Trinajstić information content (AvgIpc) is 2.32. The normalized spacial score (nSPS) is 18.8. The van der Waals surface area contributed by atoms with Crippen LogP contribution in [-0.4, -0.2) is 47.7 Å². The second kappa shape index (κ2) is 6.86. The maximum absolute atomic E-state index is 12.8. The third kappa shape index (κ3) is 5.83. The van der Waals surface area contributed by atoms with E-state index in [-0.39, 0.29) is 11.9 Å². The van der Waals surface area contributed by atoms with E-state index in [4.69, 9.17) is 10.5 Å². The lowest BCUT2D eigenvalue weighted by Crippen LogP contribution is -2.57. The van der Waals surface area contributed by atoms with Gasteiger partial charge in [0.15, 0.2) is 0 Å². The number of likely N-dealkylation sites (tertiary alicyclic amines) is 1. The molecule has 1 rings (SSSR count). The maximum atomic E-state index is 12.8. The van der Waals surface area contributed by atoms with Gasteiger partial charge in [0.25, 0.3) is 0 Å². The fourth-order valence-corrected chi connectivity index (χ4v) is 2.38. The zero-order valence-electron chi connectivity index (χ0n) is 14.7. The van der Waals surface area contributed by atoms with Crippen LogP contribution in [0.25, 0.3) is 0 Å². The van der Waals surface area contributed by atoms with Crippen LogP contribution in [0.3, 0.4) is 0 Å². The predicted molar refractivity (Wildman–Crippen MR) is 86.4 cm³/mol.